The molecule has 43 heavy (non-hydrogen) atoms. The van der Waals surface area contributed by atoms with E-state index in [0.29, 0.717) is 5.16 Å². The molecule has 8 fully saturated rings. The van der Waals surface area contributed by atoms with Gasteiger partial charge in [0.05, 0.1) is 10.9 Å². The van der Waals surface area contributed by atoms with Crippen molar-refractivity contribution in [2.45, 2.75) is 100 Å². The third kappa shape index (κ3) is 5.26. The lowest BCUT2D eigenvalue weighted by molar-refractivity contribution is 0.0359. The van der Waals surface area contributed by atoms with Crippen molar-refractivity contribution in [3.05, 3.63) is 84.2 Å². The van der Waals surface area contributed by atoms with E-state index in [0.717, 1.165) is 47.1 Å². The standard InChI is InChI=1S/C39H48N2P2/c1-2-8-34(26-43(38-10-4-6-12-41-38)39-22-30-16-31(23-39)18-32(17-30)24-39)33(7-1)25-42(37-9-3-5-11-40-37)36-21-29-14-27-13-28(15-29)20-35(36)19-27/h1-12,27-32,35-36H,13-26H2. The van der Waals surface area contributed by atoms with Crippen molar-refractivity contribution >= 4 is 26.7 Å². The summed E-state index contributed by atoms with van der Waals surface area (Å²) in [5.74, 6) is 6.87. The van der Waals surface area contributed by atoms with Gasteiger partial charge in [0.1, 0.15) is 0 Å². The summed E-state index contributed by atoms with van der Waals surface area (Å²) < 4.78 is 0. The Labute approximate surface area is 261 Å². The first-order valence-electron chi connectivity index (χ1n) is 17.6. The second-order valence-corrected chi connectivity index (χ2v) is 20.8. The maximum absolute atomic E-state index is 5.12. The molecule has 0 amide bonds. The van der Waals surface area contributed by atoms with Gasteiger partial charge in [0, 0.05) is 12.4 Å². The van der Waals surface area contributed by atoms with Crippen LogP contribution >= 0.6 is 15.8 Å². The lowest BCUT2D eigenvalue weighted by atomic mass is 9.56. The molecule has 5 unspecified atom stereocenters. The molecule has 8 aliphatic rings. The minimum atomic E-state index is -0.349. The number of fused-ring (bicyclic) bond motifs is 1. The summed E-state index contributed by atoms with van der Waals surface area (Å²) in [7, 11) is -0.689. The van der Waals surface area contributed by atoms with Crippen molar-refractivity contribution in [1.82, 2.24) is 9.97 Å². The molecule has 3 aromatic rings. The molecule has 8 bridgehead atoms. The van der Waals surface area contributed by atoms with Crippen molar-refractivity contribution < 1.29 is 0 Å². The Hall–Kier alpha value is -1.62. The Balaban J connectivity index is 1.07. The van der Waals surface area contributed by atoms with Crippen LogP contribution in [0, 0.1) is 41.4 Å². The van der Waals surface area contributed by atoms with Gasteiger partial charge in [-0.2, -0.15) is 0 Å². The van der Waals surface area contributed by atoms with E-state index < -0.39 is 0 Å². The Morgan fingerprint density at radius 1 is 0.535 bits per heavy atom. The Bertz CT molecular complexity index is 1380. The largest absolute Gasteiger partial charge is 0.257 e. The summed E-state index contributed by atoms with van der Waals surface area (Å²) in [6.45, 7) is 0. The predicted molar refractivity (Wildman–Crippen MR) is 182 cm³/mol. The fourth-order valence-electron chi connectivity index (χ4n) is 12.0. The van der Waals surface area contributed by atoms with Gasteiger partial charge in [-0.1, -0.05) is 36.4 Å². The molecule has 2 heterocycles. The predicted octanol–water partition coefficient (Wildman–Crippen LogP) is 9.28. The molecular formula is C39H48N2P2. The first-order chi connectivity index (χ1) is 21.2. The third-order valence-corrected chi connectivity index (χ3v) is 19.2. The highest BCUT2D eigenvalue weighted by molar-refractivity contribution is 7.66. The first-order valence-corrected chi connectivity index (χ1v) is 20.7. The zero-order chi connectivity index (χ0) is 28.4. The van der Waals surface area contributed by atoms with Crippen molar-refractivity contribution in [1.29, 1.82) is 0 Å². The van der Waals surface area contributed by atoms with Gasteiger partial charge in [0.2, 0.25) is 0 Å². The number of aromatic nitrogens is 2. The summed E-state index contributed by atoms with van der Waals surface area (Å²) in [6, 6.07) is 23.2. The van der Waals surface area contributed by atoms with Crippen molar-refractivity contribution in [3.8, 4) is 0 Å². The van der Waals surface area contributed by atoms with Crippen LogP contribution < -0.4 is 10.9 Å². The van der Waals surface area contributed by atoms with Gasteiger partial charge >= 0.3 is 0 Å². The fourth-order valence-corrected chi connectivity index (χ4v) is 18.7. The van der Waals surface area contributed by atoms with E-state index >= 15 is 0 Å². The van der Waals surface area contributed by atoms with Gasteiger partial charge in [-0.05, 0) is 193 Å². The van der Waals surface area contributed by atoms with Gasteiger partial charge in [-0.3, -0.25) is 9.97 Å². The number of rotatable bonds is 8. The van der Waals surface area contributed by atoms with E-state index in [-0.39, 0.29) is 15.8 Å². The average Bonchev–Trinajstić information content (AvgIpc) is 3.21. The zero-order valence-electron chi connectivity index (χ0n) is 25.7. The van der Waals surface area contributed by atoms with Crippen LogP contribution in [-0.4, -0.2) is 20.8 Å². The Morgan fingerprint density at radius 3 is 1.63 bits per heavy atom. The Kier molecular flexibility index (Phi) is 7.28. The molecule has 0 aliphatic heterocycles. The molecule has 8 saturated carbocycles. The molecule has 2 nitrogen and oxygen atoms in total. The van der Waals surface area contributed by atoms with Gasteiger partial charge in [-0.15, -0.1) is 0 Å². The smallest absolute Gasteiger partial charge is 0.0639 e. The monoisotopic (exact) mass is 606 g/mol. The molecule has 224 valence electrons. The fraction of sp³-hybridized carbons (Fsp3) is 0.590. The summed E-state index contributed by atoms with van der Waals surface area (Å²) in [4.78, 5) is 10.2. The SMILES string of the molecule is c1ccc(P(Cc2ccccc2CP(c2ccccn2)C23CC4CC(CC(C4)C2)C3)C2CC3CC4CC(C3)CC2C4)nc1. The van der Waals surface area contributed by atoms with Gasteiger partial charge < -0.3 is 0 Å². The second-order valence-electron chi connectivity index (χ2n) is 15.8. The van der Waals surface area contributed by atoms with E-state index in [1.165, 1.54) is 100 Å². The molecule has 5 atom stereocenters. The van der Waals surface area contributed by atoms with Crippen LogP contribution in [0.4, 0.5) is 0 Å². The van der Waals surface area contributed by atoms with Crippen LogP contribution in [0.2, 0.25) is 0 Å². The summed E-state index contributed by atoms with van der Waals surface area (Å²) in [5, 5.41) is 0.511. The van der Waals surface area contributed by atoms with E-state index in [2.05, 4.69) is 73.1 Å². The van der Waals surface area contributed by atoms with Crippen LogP contribution in [0.3, 0.4) is 0 Å². The molecule has 4 heteroatoms. The average molecular weight is 607 g/mol. The molecule has 1 aromatic carbocycles. The van der Waals surface area contributed by atoms with Gasteiger partial charge in [-0.25, -0.2) is 0 Å². The van der Waals surface area contributed by atoms with Crippen molar-refractivity contribution in [2.75, 3.05) is 0 Å². The highest BCUT2D eigenvalue weighted by atomic mass is 31.1. The normalized spacial score (nSPS) is 38.6. The molecule has 0 spiro atoms. The highest BCUT2D eigenvalue weighted by Crippen LogP contribution is 2.69. The molecular weight excluding hydrogens is 558 g/mol. The summed E-state index contributed by atoms with van der Waals surface area (Å²) in [5.41, 5.74) is 6.97. The summed E-state index contributed by atoms with van der Waals surface area (Å²) >= 11 is 0. The maximum atomic E-state index is 5.12. The van der Waals surface area contributed by atoms with Crippen LogP contribution in [-0.2, 0) is 12.3 Å². The zero-order valence-corrected chi connectivity index (χ0v) is 27.5. The number of nitrogens with zero attached hydrogens (tertiary/aromatic N) is 2. The van der Waals surface area contributed by atoms with Crippen LogP contribution in [0.25, 0.3) is 0 Å². The quantitative estimate of drug-likeness (QED) is 0.239. The van der Waals surface area contributed by atoms with E-state index in [1.54, 1.807) is 11.1 Å². The lowest BCUT2D eigenvalue weighted by Crippen LogP contribution is -2.50. The van der Waals surface area contributed by atoms with Gasteiger partial charge in [0.15, 0.2) is 0 Å². The minimum absolute atomic E-state index is 0.340. The van der Waals surface area contributed by atoms with Crippen molar-refractivity contribution in [2.24, 2.45) is 41.4 Å². The number of hydrogen-bond acceptors (Lipinski definition) is 2. The van der Waals surface area contributed by atoms with Crippen LogP contribution in [0.15, 0.2) is 73.1 Å². The molecule has 0 saturated heterocycles. The second kappa shape index (κ2) is 11.3. The molecule has 0 radical (unpaired) electrons. The third-order valence-electron chi connectivity index (χ3n) is 13.0. The topological polar surface area (TPSA) is 25.8 Å². The number of benzene rings is 1. The van der Waals surface area contributed by atoms with Crippen LogP contribution in [0.5, 0.6) is 0 Å². The molecule has 8 aliphatic carbocycles. The number of hydrogen-bond donors (Lipinski definition) is 0. The highest BCUT2D eigenvalue weighted by Gasteiger charge is 2.55. The molecule has 11 rings (SSSR count). The molecule has 2 aromatic heterocycles. The molecule has 0 N–H and O–H groups in total. The lowest BCUT2D eigenvalue weighted by Gasteiger charge is -2.59. The minimum Gasteiger partial charge on any atom is -0.257 e. The van der Waals surface area contributed by atoms with E-state index in [1.807, 2.05) is 0 Å². The van der Waals surface area contributed by atoms with Gasteiger partial charge in [0.25, 0.3) is 0 Å². The maximum Gasteiger partial charge on any atom is 0.0639 e. The first kappa shape index (κ1) is 27.7. The summed E-state index contributed by atoms with van der Waals surface area (Å²) in [6.07, 6.45) is 24.6. The van der Waals surface area contributed by atoms with Crippen molar-refractivity contribution in [3.63, 3.8) is 0 Å². The van der Waals surface area contributed by atoms with Crippen LogP contribution in [0.1, 0.15) is 88.2 Å². The van der Waals surface area contributed by atoms with E-state index in [9.17, 15) is 0 Å². The number of pyridine rings is 2. The Morgan fingerprint density at radius 2 is 1.05 bits per heavy atom. The van der Waals surface area contributed by atoms with E-state index in [4.69, 9.17) is 9.97 Å².